The number of nitrogens with zero attached hydrogens (tertiary/aromatic N) is 2. The highest BCUT2D eigenvalue weighted by atomic mass is 16.3. The van der Waals surface area contributed by atoms with E-state index >= 15 is 0 Å². The molecule has 3 N–H and O–H groups in total. The van der Waals surface area contributed by atoms with Gasteiger partial charge in [-0.15, -0.1) is 0 Å². The number of aliphatic hydroxyl groups excluding tert-OH is 1. The van der Waals surface area contributed by atoms with Crippen LogP contribution in [0, 0.1) is 0 Å². The summed E-state index contributed by atoms with van der Waals surface area (Å²) in [7, 11) is 0. The molecular weight excluding hydrogens is 262 g/mol. The minimum atomic E-state index is -0.0144. The van der Waals surface area contributed by atoms with Gasteiger partial charge in [-0.3, -0.25) is 4.98 Å². The van der Waals surface area contributed by atoms with Gasteiger partial charge in [0.15, 0.2) is 0 Å². The molecule has 21 heavy (non-hydrogen) atoms. The van der Waals surface area contributed by atoms with Gasteiger partial charge in [-0.25, -0.2) is 0 Å². The second kappa shape index (κ2) is 7.76. The zero-order valence-corrected chi connectivity index (χ0v) is 12.4. The zero-order valence-electron chi connectivity index (χ0n) is 12.4. The summed E-state index contributed by atoms with van der Waals surface area (Å²) in [4.78, 5) is 6.56. The van der Waals surface area contributed by atoms with E-state index in [1.165, 1.54) is 5.56 Å². The van der Waals surface area contributed by atoms with Crippen molar-refractivity contribution in [3.8, 4) is 0 Å². The van der Waals surface area contributed by atoms with Crippen LogP contribution in [0.25, 0.3) is 0 Å². The first kappa shape index (κ1) is 15.5. The number of aromatic nitrogens is 1. The van der Waals surface area contributed by atoms with Crippen LogP contribution in [0.15, 0.2) is 48.7 Å². The van der Waals surface area contributed by atoms with Crippen LogP contribution in [0.4, 0.5) is 5.69 Å². The van der Waals surface area contributed by atoms with Crippen LogP contribution in [0.1, 0.15) is 30.6 Å². The third-order valence-corrected chi connectivity index (χ3v) is 3.54. The summed E-state index contributed by atoms with van der Waals surface area (Å²) in [5, 5.41) is 9.27. The van der Waals surface area contributed by atoms with Crippen LogP contribution in [0.3, 0.4) is 0 Å². The molecule has 0 saturated heterocycles. The Morgan fingerprint density at radius 3 is 2.52 bits per heavy atom. The minimum Gasteiger partial charge on any atom is -0.395 e. The fraction of sp³-hybridized carbons (Fsp3) is 0.353. The highest BCUT2D eigenvalue weighted by molar-refractivity contribution is 5.45. The van der Waals surface area contributed by atoms with Gasteiger partial charge in [-0.2, -0.15) is 0 Å². The Bertz CT molecular complexity index is 527. The average Bonchev–Trinajstić information content (AvgIpc) is 2.55. The van der Waals surface area contributed by atoms with Gasteiger partial charge in [0.05, 0.1) is 24.2 Å². The van der Waals surface area contributed by atoms with E-state index in [0.29, 0.717) is 6.54 Å². The molecular formula is C17H23N3O. The molecule has 112 valence electrons. The van der Waals surface area contributed by atoms with Crippen LogP contribution >= 0.6 is 0 Å². The van der Waals surface area contributed by atoms with Gasteiger partial charge >= 0.3 is 0 Å². The van der Waals surface area contributed by atoms with E-state index in [9.17, 15) is 5.11 Å². The van der Waals surface area contributed by atoms with E-state index in [2.05, 4.69) is 22.0 Å². The average molecular weight is 285 g/mol. The maximum atomic E-state index is 9.27. The van der Waals surface area contributed by atoms with E-state index in [-0.39, 0.29) is 12.6 Å². The Labute approximate surface area is 126 Å². The quantitative estimate of drug-likeness (QED) is 0.820. The van der Waals surface area contributed by atoms with Gasteiger partial charge in [0.25, 0.3) is 0 Å². The molecule has 0 spiro atoms. The zero-order chi connectivity index (χ0) is 15.1. The number of anilines is 1. The number of benzene rings is 1. The Morgan fingerprint density at radius 2 is 1.95 bits per heavy atom. The SMILES string of the molecule is CCC(N)c1ccc(N(CCO)Cc2ccccc2)cn1. The van der Waals surface area contributed by atoms with Gasteiger partial charge in [0.1, 0.15) is 0 Å². The van der Waals surface area contributed by atoms with Crippen LogP contribution in [0.5, 0.6) is 0 Å². The molecule has 1 aromatic heterocycles. The number of pyridine rings is 1. The first-order valence-corrected chi connectivity index (χ1v) is 7.36. The lowest BCUT2D eigenvalue weighted by Crippen LogP contribution is -2.26. The summed E-state index contributed by atoms with van der Waals surface area (Å²) in [5.41, 5.74) is 9.10. The topological polar surface area (TPSA) is 62.4 Å². The molecule has 1 unspecified atom stereocenters. The fourth-order valence-electron chi connectivity index (χ4n) is 2.24. The number of rotatable bonds is 7. The molecule has 0 aliphatic carbocycles. The summed E-state index contributed by atoms with van der Waals surface area (Å²) < 4.78 is 0. The van der Waals surface area contributed by atoms with E-state index in [1.807, 2.05) is 43.5 Å². The van der Waals surface area contributed by atoms with Crippen molar-refractivity contribution in [1.82, 2.24) is 4.98 Å². The Kier molecular flexibility index (Phi) is 5.72. The predicted octanol–water partition coefficient (Wildman–Crippen LogP) is 2.49. The standard InChI is InChI=1S/C17H23N3O/c1-2-16(18)17-9-8-15(12-19-17)20(10-11-21)13-14-6-4-3-5-7-14/h3-9,12,16,21H,2,10-11,13,18H2,1H3. The van der Waals surface area contributed by atoms with Crippen molar-refractivity contribution in [1.29, 1.82) is 0 Å². The number of aliphatic hydroxyl groups is 1. The van der Waals surface area contributed by atoms with Crippen molar-refractivity contribution in [2.24, 2.45) is 5.73 Å². The molecule has 0 fully saturated rings. The van der Waals surface area contributed by atoms with E-state index in [0.717, 1.165) is 24.3 Å². The molecule has 1 aromatic carbocycles. The molecule has 2 aromatic rings. The van der Waals surface area contributed by atoms with E-state index < -0.39 is 0 Å². The maximum absolute atomic E-state index is 9.27. The van der Waals surface area contributed by atoms with Crippen molar-refractivity contribution >= 4 is 5.69 Å². The van der Waals surface area contributed by atoms with Gasteiger partial charge in [0.2, 0.25) is 0 Å². The molecule has 1 atom stereocenters. The minimum absolute atomic E-state index is 0.0144. The van der Waals surface area contributed by atoms with Crippen molar-refractivity contribution in [2.75, 3.05) is 18.1 Å². The van der Waals surface area contributed by atoms with Crippen LogP contribution in [-0.2, 0) is 6.54 Å². The maximum Gasteiger partial charge on any atom is 0.0606 e. The van der Waals surface area contributed by atoms with Crippen molar-refractivity contribution in [2.45, 2.75) is 25.9 Å². The molecule has 0 aliphatic heterocycles. The lowest BCUT2D eigenvalue weighted by Gasteiger charge is -2.24. The van der Waals surface area contributed by atoms with Crippen LogP contribution < -0.4 is 10.6 Å². The normalized spacial score (nSPS) is 12.1. The highest BCUT2D eigenvalue weighted by Crippen LogP contribution is 2.19. The van der Waals surface area contributed by atoms with Gasteiger partial charge in [0, 0.05) is 19.1 Å². The predicted molar refractivity (Wildman–Crippen MR) is 86.0 cm³/mol. The molecule has 0 radical (unpaired) electrons. The molecule has 2 rings (SSSR count). The molecule has 0 amide bonds. The molecule has 0 aliphatic rings. The second-order valence-electron chi connectivity index (χ2n) is 5.09. The van der Waals surface area contributed by atoms with E-state index in [4.69, 9.17) is 5.73 Å². The van der Waals surface area contributed by atoms with Gasteiger partial charge in [-0.05, 0) is 24.1 Å². The number of hydrogen-bond acceptors (Lipinski definition) is 4. The third kappa shape index (κ3) is 4.28. The Morgan fingerprint density at radius 1 is 1.19 bits per heavy atom. The van der Waals surface area contributed by atoms with Gasteiger partial charge in [-0.1, -0.05) is 37.3 Å². The first-order valence-electron chi connectivity index (χ1n) is 7.36. The monoisotopic (exact) mass is 285 g/mol. The second-order valence-corrected chi connectivity index (χ2v) is 5.09. The Balaban J connectivity index is 2.14. The molecule has 4 nitrogen and oxygen atoms in total. The number of nitrogens with two attached hydrogens (primary N) is 1. The lowest BCUT2D eigenvalue weighted by molar-refractivity contribution is 0.301. The van der Waals surface area contributed by atoms with Crippen molar-refractivity contribution in [3.63, 3.8) is 0 Å². The van der Waals surface area contributed by atoms with Gasteiger partial charge < -0.3 is 15.7 Å². The highest BCUT2D eigenvalue weighted by Gasteiger charge is 2.09. The summed E-state index contributed by atoms with van der Waals surface area (Å²) in [6.45, 7) is 3.49. The number of hydrogen-bond donors (Lipinski definition) is 2. The van der Waals surface area contributed by atoms with Crippen molar-refractivity contribution < 1.29 is 5.11 Å². The summed E-state index contributed by atoms with van der Waals surface area (Å²) in [6, 6.07) is 14.2. The fourth-order valence-corrected chi connectivity index (χ4v) is 2.24. The summed E-state index contributed by atoms with van der Waals surface area (Å²) >= 11 is 0. The summed E-state index contributed by atoms with van der Waals surface area (Å²) in [5.74, 6) is 0. The van der Waals surface area contributed by atoms with Crippen LogP contribution in [0.2, 0.25) is 0 Å². The molecule has 1 heterocycles. The third-order valence-electron chi connectivity index (χ3n) is 3.54. The Hall–Kier alpha value is -1.91. The molecule has 0 bridgehead atoms. The van der Waals surface area contributed by atoms with Crippen LogP contribution in [-0.4, -0.2) is 23.2 Å². The van der Waals surface area contributed by atoms with E-state index in [1.54, 1.807) is 0 Å². The first-order chi connectivity index (χ1) is 10.2. The largest absolute Gasteiger partial charge is 0.395 e. The lowest BCUT2D eigenvalue weighted by atomic mass is 10.1. The molecule has 0 saturated carbocycles. The molecule has 4 heteroatoms. The van der Waals surface area contributed by atoms with Crippen molar-refractivity contribution in [3.05, 3.63) is 59.9 Å². The smallest absolute Gasteiger partial charge is 0.0606 e. The summed E-state index contributed by atoms with van der Waals surface area (Å²) in [6.07, 6.45) is 2.71.